The maximum Gasteiger partial charge on any atom is 0.338 e. The van der Waals surface area contributed by atoms with Gasteiger partial charge in [-0.05, 0) is 37.1 Å². The summed E-state index contributed by atoms with van der Waals surface area (Å²) in [6.07, 6.45) is 0.679. The third-order valence-electron chi connectivity index (χ3n) is 5.11. The number of aromatic nitrogens is 2. The van der Waals surface area contributed by atoms with Crippen LogP contribution in [0.25, 0.3) is 10.6 Å². The standard InChI is InChI=1S/C24H27N5O4S/c1-4-15(3)19(20(30)27-24-29-28-21(34-24)16-9-7-6-8-10-16)26-23(32)25-18-13-11-17(12-14-18)22(31)33-5-2/h6-15,19H,4-5H2,1-3H3,(H2,25,26,32)(H,27,29,30). The van der Waals surface area contributed by atoms with Crippen LogP contribution in [0.1, 0.15) is 37.6 Å². The number of ether oxygens (including phenoxy) is 1. The highest BCUT2D eigenvalue weighted by atomic mass is 32.1. The van der Waals surface area contributed by atoms with Crippen LogP contribution in [0, 0.1) is 5.92 Å². The van der Waals surface area contributed by atoms with Gasteiger partial charge in [0.1, 0.15) is 11.0 Å². The van der Waals surface area contributed by atoms with Crippen molar-refractivity contribution in [3.63, 3.8) is 0 Å². The van der Waals surface area contributed by atoms with E-state index < -0.39 is 18.0 Å². The highest BCUT2D eigenvalue weighted by Crippen LogP contribution is 2.26. The van der Waals surface area contributed by atoms with Crippen molar-refractivity contribution >= 4 is 40.1 Å². The van der Waals surface area contributed by atoms with E-state index in [2.05, 4.69) is 26.1 Å². The first-order valence-corrected chi connectivity index (χ1v) is 11.8. The minimum Gasteiger partial charge on any atom is -0.462 e. The van der Waals surface area contributed by atoms with Crippen molar-refractivity contribution < 1.29 is 19.1 Å². The third kappa shape index (κ3) is 6.61. The summed E-state index contributed by atoms with van der Waals surface area (Å²) in [5.41, 5.74) is 1.77. The molecule has 34 heavy (non-hydrogen) atoms. The summed E-state index contributed by atoms with van der Waals surface area (Å²) in [5.74, 6) is -0.935. The predicted octanol–water partition coefficient (Wildman–Crippen LogP) is 4.56. The Labute approximate surface area is 201 Å². The van der Waals surface area contributed by atoms with Gasteiger partial charge in [-0.2, -0.15) is 0 Å². The van der Waals surface area contributed by atoms with Crippen LogP contribution in [0.2, 0.25) is 0 Å². The normalized spacial score (nSPS) is 12.3. The smallest absolute Gasteiger partial charge is 0.338 e. The summed E-state index contributed by atoms with van der Waals surface area (Å²) < 4.78 is 4.95. The van der Waals surface area contributed by atoms with E-state index in [9.17, 15) is 14.4 Å². The number of rotatable bonds is 9. The van der Waals surface area contributed by atoms with Gasteiger partial charge in [-0.25, -0.2) is 9.59 Å². The van der Waals surface area contributed by atoms with Crippen molar-refractivity contribution in [1.29, 1.82) is 0 Å². The van der Waals surface area contributed by atoms with Gasteiger partial charge in [0.15, 0.2) is 0 Å². The molecule has 1 aromatic heterocycles. The second-order valence-electron chi connectivity index (χ2n) is 7.53. The van der Waals surface area contributed by atoms with Gasteiger partial charge in [0.25, 0.3) is 0 Å². The Balaban J connectivity index is 1.63. The molecule has 0 spiro atoms. The fraction of sp³-hybridized carbons (Fsp3) is 0.292. The van der Waals surface area contributed by atoms with Crippen molar-refractivity contribution in [2.75, 3.05) is 17.2 Å². The molecule has 3 rings (SSSR count). The lowest BCUT2D eigenvalue weighted by Crippen LogP contribution is -2.49. The monoisotopic (exact) mass is 481 g/mol. The summed E-state index contributed by atoms with van der Waals surface area (Å²) in [5, 5.41) is 17.4. The lowest BCUT2D eigenvalue weighted by molar-refractivity contribution is -0.119. The topological polar surface area (TPSA) is 122 Å². The molecule has 2 unspecified atom stereocenters. The second-order valence-corrected chi connectivity index (χ2v) is 8.50. The number of hydrogen-bond acceptors (Lipinski definition) is 7. The Bertz CT molecular complexity index is 1120. The van der Waals surface area contributed by atoms with Crippen molar-refractivity contribution in [3.8, 4) is 10.6 Å². The van der Waals surface area contributed by atoms with Crippen LogP contribution in [-0.2, 0) is 9.53 Å². The quantitative estimate of drug-likeness (QED) is 0.385. The molecule has 0 saturated carbocycles. The van der Waals surface area contributed by atoms with E-state index >= 15 is 0 Å². The minimum atomic E-state index is -0.784. The molecule has 3 amide bonds. The van der Waals surface area contributed by atoms with E-state index in [1.165, 1.54) is 11.3 Å². The SMILES string of the molecule is CCOC(=O)c1ccc(NC(=O)NC(C(=O)Nc2nnc(-c3ccccc3)s2)C(C)CC)cc1. The van der Waals surface area contributed by atoms with Crippen molar-refractivity contribution in [3.05, 3.63) is 60.2 Å². The summed E-state index contributed by atoms with van der Waals surface area (Å²) in [6.45, 7) is 5.84. The molecule has 10 heteroatoms. The molecule has 0 saturated heterocycles. The Hall–Kier alpha value is -3.79. The van der Waals surface area contributed by atoms with E-state index in [-0.39, 0.29) is 18.4 Å². The molecular weight excluding hydrogens is 454 g/mol. The lowest BCUT2D eigenvalue weighted by Gasteiger charge is -2.23. The number of benzene rings is 2. The molecule has 0 fully saturated rings. The molecule has 0 aliphatic heterocycles. The molecule has 2 aromatic carbocycles. The molecule has 0 bridgehead atoms. The Morgan fingerprint density at radius 2 is 1.68 bits per heavy atom. The van der Waals surface area contributed by atoms with Gasteiger partial charge in [-0.15, -0.1) is 10.2 Å². The zero-order valence-corrected chi connectivity index (χ0v) is 20.0. The largest absolute Gasteiger partial charge is 0.462 e. The zero-order chi connectivity index (χ0) is 24.5. The molecule has 0 radical (unpaired) electrons. The number of anilines is 2. The Kier molecular flexibility index (Phi) is 8.69. The summed E-state index contributed by atoms with van der Waals surface area (Å²) in [7, 11) is 0. The Morgan fingerprint density at radius 1 is 0.971 bits per heavy atom. The van der Waals surface area contributed by atoms with Crippen LogP contribution in [0.15, 0.2) is 54.6 Å². The molecule has 2 atom stereocenters. The van der Waals surface area contributed by atoms with Gasteiger partial charge >= 0.3 is 12.0 Å². The summed E-state index contributed by atoms with van der Waals surface area (Å²) in [6, 6.07) is 14.5. The van der Waals surface area contributed by atoms with Gasteiger partial charge in [0.2, 0.25) is 11.0 Å². The van der Waals surface area contributed by atoms with Crippen LogP contribution in [-0.4, -0.2) is 40.8 Å². The van der Waals surface area contributed by atoms with Crippen molar-refractivity contribution in [1.82, 2.24) is 15.5 Å². The summed E-state index contributed by atoms with van der Waals surface area (Å²) in [4.78, 5) is 37.3. The fourth-order valence-corrected chi connectivity index (χ4v) is 3.82. The van der Waals surface area contributed by atoms with Gasteiger partial charge in [-0.3, -0.25) is 10.1 Å². The number of urea groups is 1. The molecule has 3 N–H and O–H groups in total. The minimum absolute atomic E-state index is 0.126. The first kappa shape index (κ1) is 24.8. The first-order valence-electron chi connectivity index (χ1n) is 11.0. The second kappa shape index (κ2) is 11.9. The first-order chi connectivity index (χ1) is 16.4. The molecule has 0 aliphatic rings. The van der Waals surface area contributed by atoms with E-state index in [1.807, 2.05) is 44.2 Å². The van der Waals surface area contributed by atoms with Crippen molar-refractivity contribution in [2.24, 2.45) is 5.92 Å². The zero-order valence-electron chi connectivity index (χ0n) is 19.2. The molecule has 1 heterocycles. The number of carbonyl (C=O) groups excluding carboxylic acids is 3. The summed E-state index contributed by atoms with van der Waals surface area (Å²) >= 11 is 1.26. The van der Waals surface area contributed by atoms with Gasteiger partial charge in [0, 0.05) is 11.3 Å². The van der Waals surface area contributed by atoms with E-state index in [1.54, 1.807) is 31.2 Å². The van der Waals surface area contributed by atoms with Crippen LogP contribution >= 0.6 is 11.3 Å². The van der Waals surface area contributed by atoms with Crippen molar-refractivity contribution in [2.45, 2.75) is 33.2 Å². The van der Waals surface area contributed by atoms with Gasteiger partial charge in [0.05, 0.1) is 12.2 Å². The fourth-order valence-electron chi connectivity index (χ4n) is 3.07. The molecule has 3 aromatic rings. The highest BCUT2D eigenvalue weighted by molar-refractivity contribution is 7.18. The van der Waals surface area contributed by atoms with E-state index in [0.29, 0.717) is 27.8 Å². The van der Waals surface area contributed by atoms with Gasteiger partial charge < -0.3 is 15.4 Å². The van der Waals surface area contributed by atoms with Crippen LogP contribution in [0.5, 0.6) is 0 Å². The Morgan fingerprint density at radius 3 is 2.32 bits per heavy atom. The number of carbonyl (C=O) groups is 3. The highest BCUT2D eigenvalue weighted by Gasteiger charge is 2.27. The number of nitrogens with one attached hydrogen (secondary N) is 3. The van der Waals surface area contributed by atoms with E-state index in [0.717, 1.165) is 5.56 Å². The molecule has 9 nitrogen and oxygen atoms in total. The predicted molar refractivity (Wildman–Crippen MR) is 132 cm³/mol. The van der Waals surface area contributed by atoms with Gasteiger partial charge in [-0.1, -0.05) is 61.9 Å². The number of hydrogen-bond donors (Lipinski definition) is 3. The number of nitrogens with zero attached hydrogens (tertiary/aromatic N) is 2. The van der Waals surface area contributed by atoms with E-state index in [4.69, 9.17) is 4.74 Å². The van der Waals surface area contributed by atoms with Crippen LogP contribution in [0.4, 0.5) is 15.6 Å². The number of esters is 1. The molecule has 178 valence electrons. The number of amides is 3. The third-order valence-corrected chi connectivity index (χ3v) is 6.00. The molecule has 0 aliphatic carbocycles. The maximum absolute atomic E-state index is 13.0. The maximum atomic E-state index is 13.0. The van der Waals surface area contributed by atoms with Crippen LogP contribution < -0.4 is 16.0 Å². The average molecular weight is 482 g/mol. The molecular formula is C24H27N5O4S. The lowest BCUT2D eigenvalue weighted by atomic mass is 9.98. The average Bonchev–Trinajstić information content (AvgIpc) is 3.31. The van der Waals surface area contributed by atoms with Crippen LogP contribution in [0.3, 0.4) is 0 Å².